The number of nitrogens with zero attached hydrogens (tertiary/aromatic N) is 5. The van der Waals surface area contributed by atoms with Crippen LogP contribution in [0.3, 0.4) is 0 Å². The smallest absolute Gasteiger partial charge is 0.416 e. The van der Waals surface area contributed by atoms with Gasteiger partial charge in [0.1, 0.15) is 18.0 Å². The first kappa shape index (κ1) is 28.6. The highest BCUT2D eigenvalue weighted by Gasteiger charge is 2.42. The molecule has 0 bridgehead atoms. The van der Waals surface area contributed by atoms with Gasteiger partial charge in [0.2, 0.25) is 5.88 Å². The van der Waals surface area contributed by atoms with E-state index in [4.69, 9.17) is 9.47 Å². The molecule has 0 radical (unpaired) electrons. The summed E-state index contributed by atoms with van der Waals surface area (Å²) in [6.45, 7) is 5.55. The van der Waals surface area contributed by atoms with E-state index in [2.05, 4.69) is 20.5 Å². The van der Waals surface area contributed by atoms with Gasteiger partial charge in [0.25, 0.3) is 5.91 Å². The molecule has 9 nitrogen and oxygen atoms in total. The molecule has 12 heteroatoms. The number of hydrogen-bond donors (Lipinski definition) is 1. The van der Waals surface area contributed by atoms with Crippen molar-refractivity contribution < 1.29 is 27.4 Å². The maximum absolute atomic E-state index is 14.4. The van der Waals surface area contributed by atoms with Gasteiger partial charge in [-0.25, -0.2) is 0 Å². The highest BCUT2D eigenvalue weighted by molar-refractivity contribution is 6.10. The molecule has 1 saturated heterocycles. The number of carbonyl (C=O) groups is 1. The van der Waals surface area contributed by atoms with Crippen LogP contribution in [0.4, 0.5) is 19.0 Å². The lowest BCUT2D eigenvalue weighted by atomic mass is 9.84. The summed E-state index contributed by atoms with van der Waals surface area (Å²) >= 11 is 0. The minimum absolute atomic E-state index is 0.0372. The molecule has 6 rings (SSSR count). The Bertz CT molecular complexity index is 1470. The fraction of sp³-hybridized carbons (Fsp3) is 0.533. The zero-order chi connectivity index (χ0) is 29.6. The van der Waals surface area contributed by atoms with Crippen LogP contribution in [-0.4, -0.2) is 52.0 Å². The van der Waals surface area contributed by atoms with Gasteiger partial charge in [-0.05, 0) is 74.0 Å². The quantitative estimate of drug-likeness (QED) is 0.358. The number of ether oxygens (including phenoxy) is 2. The number of halogens is 3. The normalized spacial score (nSPS) is 18.9. The topological polar surface area (TPSA) is 94.4 Å². The largest absolute Gasteiger partial charge is 0.478 e. The maximum atomic E-state index is 14.4. The molecule has 1 aliphatic carbocycles. The number of amides is 1. The van der Waals surface area contributed by atoms with E-state index in [9.17, 15) is 18.0 Å². The molecule has 2 atom stereocenters. The number of hydrogen-bond acceptors (Lipinski definition) is 7. The Morgan fingerprint density at radius 1 is 1.17 bits per heavy atom. The minimum atomic E-state index is -4.61. The van der Waals surface area contributed by atoms with Crippen LogP contribution in [0.1, 0.15) is 83.5 Å². The summed E-state index contributed by atoms with van der Waals surface area (Å²) in [7, 11) is 1.85. The number of carbonyl (C=O) groups excluding carboxylic acids is 1. The summed E-state index contributed by atoms with van der Waals surface area (Å²) < 4.78 is 56.2. The Kier molecular flexibility index (Phi) is 7.69. The Balaban J connectivity index is 1.37. The van der Waals surface area contributed by atoms with Crippen LogP contribution in [0.25, 0.3) is 0 Å². The third-order valence-electron chi connectivity index (χ3n) is 8.71. The van der Waals surface area contributed by atoms with E-state index in [1.165, 1.54) is 17.4 Å². The number of benzene rings is 1. The summed E-state index contributed by atoms with van der Waals surface area (Å²) in [6.07, 6.45) is 0.456. The summed E-state index contributed by atoms with van der Waals surface area (Å²) in [6, 6.07) is 6.01. The number of aromatic nitrogens is 4. The Hall–Kier alpha value is -3.51. The standard InChI is InChI=1S/C30H35F3N6O3/c1-4-42-26-11-20(27(21-14-41-15-21)28-37-35-16-38(28)3)10-25(36-26)39-13-23-22(29(39)40)8-19(9-24(23)30(31,32)33)17(2)34-12-18-6-5-7-18/h8-11,16-18,21,27,34H,4-7,12-15H2,1-3H3/t17-,27+/m1/s1. The predicted octanol–water partition coefficient (Wildman–Crippen LogP) is 5.02. The Morgan fingerprint density at radius 2 is 1.95 bits per heavy atom. The molecular weight excluding hydrogens is 549 g/mol. The van der Waals surface area contributed by atoms with E-state index in [0.29, 0.717) is 37.1 Å². The highest BCUT2D eigenvalue weighted by atomic mass is 19.4. The average molecular weight is 585 g/mol. The molecule has 1 N–H and O–H groups in total. The molecule has 2 aromatic heterocycles. The van der Waals surface area contributed by atoms with E-state index in [1.807, 2.05) is 25.5 Å². The molecule has 224 valence electrons. The van der Waals surface area contributed by atoms with Gasteiger partial charge < -0.3 is 19.4 Å². The van der Waals surface area contributed by atoms with E-state index in [0.717, 1.165) is 24.9 Å². The minimum Gasteiger partial charge on any atom is -0.478 e. The number of aryl methyl sites for hydroxylation is 1. The lowest BCUT2D eigenvalue weighted by molar-refractivity contribution is -0.138. The lowest BCUT2D eigenvalue weighted by Gasteiger charge is -2.33. The fourth-order valence-corrected chi connectivity index (χ4v) is 5.98. The Labute approximate surface area is 242 Å². The second-order valence-corrected chi connectivity index (χ2v) is 11.5. The molecule has 0 unspecified atom stereocenters. The third kappa shape index (κ3) is 5.37. The maximum Gasteiger partial charge on any atom is 0.416 e. The van der Waals surface area contributed by atoms with Crippen molar-refractivity contribution in [1.29, 1.82) is 0 Å². The first-order chi connectivity index (χ1) is 20.1. The van der Waals surface area contributed by atoms with Gasteiger partial charge in [0.15, 0.2) is 0 Å². The van der Waals surface area contributed by atoms with Gasteiger partial charge in [-0.1, -0.05) is 6.42 Å². The molecule has 4 heterocycles. The van der Waals surface area contributed by atoms with Crippen LogP contribution in [0.15, 0.2) is 30.6 Å². The van der Waals surface area contributed by atoms with Crippen LogP contribution < -0.4 is 15.0 Å². The molecule has 1 saturated carbocycles. The van der Waals surface area contributed by atoms with E-state index < -0.39 is 17.6 Å². The van der Waals surface area contributed by atoms with E-state index in [1.54, 1.807) is 24.5 Å². The van der Waals surface area contributed by atoms with Crippen molar-refractivity contribution in [2.45, 2.75) is 57.8 Å². The van der Waals surface area contributed by atoms with Gasteiger partial charge >= 0.3 is 6.18 Å². The van der Waals surface area contributed by atoms with Crippen molar-refractivity contribution >= 4 is 11.7 Å². The van der Waals surface area contributed by atoms with Crippen LogP contribution >= 0.6 is 0 Å². The second kappa shape index (κ2) is 11.3. The third-order valence-corrected chi connectivity index (χ3v) is 8.71. The molecule has 3 aromatic rings. The van der Waals surface area contributed by atoms with Gasteiger partial charge in [-0.15, -0.1) is 10.2 Å². The van der Waals surface area contributed by atoms with Crippen molar-refractivity contribution in [2.75, 3.05) is 31.3 Å². The number of anilines is 1. The lowest BCUT2D eigenvalue weighted by Crippen LogP contribution is -2.35. The van der Waals surface area contributed by atoms with Gasteiger partial charge in [0, 0.05) is 30.6 Å². The molecule has 2 fully saturated rings. The molecule has 3 aliphatic rings. The molecule has 42 heavy (non-hydrogen) atoms. The monoisotopic (exact) mass is 584 g/mol. The number of nitrogens with one attached hydrogen (secondary N) is 1. The van der Waals surface area contributed by atoms with Crippen molar-refractivity contribution in [3.63, 3.8) is 0 Å². The van der Waals surface area contributed by atoms with E-state index in [-0.39, 0.29) is 47.2 Å². The Morgan fingerprint density at radius 3 is 2.55 bits per heavy atom. The van der Waals surface area contributed by atoms with Crippen molar-refractivity contribution in [3.05, 3.63) is 64.2 Å². The number of alkyl halides is 3. The summed E-state index contributed by atoms with van der Waals surface area (Å²) in [5.74, 6) is 1.15. The SMILES string of the molecule is CCOc1cc([C@H](c2nncn2C)C2COC2)cc(N2Cc3c(cc([C@@H](C)NCC4CCC4)cc3C(F)(F)F)C2=O)n1. The summed E-state index contributed by atoms with van der Waals surface area (Å²) in [5, 5.41) is 11.7. The summed E-state index contributed by atoms with van der Waals surface area (Å²) in [5.41, 5.74) is 0.457. The van der Waals surface area contributed by atoms with Crippen LogP contribution in [-0.2, 0) is 24.5 Å². The highest BCUT2D eigenvalue weighted by Crippen LogP contribution is 2.42. The first-order valence-electron chi connectivity index (χ1n) is 14.5. The second-order valence-electron chi connectivity index (χ2n) is 11.5. The molecule has 0 spiro atoms. The number of rotatable bonds is 10. The van der Waals surface area contributed by atoms with Crippen LogP contribution in [0, 0.1) is 11.8 Å². The summed E-state index contributed by atoms with van der Waals surface area (Å²) in [4.78, 5) is 19.7. The molecule has 1 amide bonds. The van der Waals surface area contributed by atoms with Gasteiger partial charge in [0.05, 0.1) is 37.8 Å². The van der Waals surface area contributed by atoms with Crippen molar-refractivity contribution in [3.8, 4) is 5.88 Å². The zero-order valence-electron chi connectivity index (χ0n) is 23.9. The predicted molar refractivity (Wildman–Crippen MR) is 148 cm³/mol. The van der Waals surface area contributed by atoms with Gasteiger partial charge in [-0.3, -0.25) is 9.69 Å². The molecular formula is C30H35F3N6O3. The molecule has 2 aliphatic heterocycles. The zero-order valence-corrected chi connectivity index (χ0v) is 23.9. The molecule has 1 aromatic carbocycles. The van der Waals surface area contributed by atoms with Crippen LogP contribution in [0.5, 0.6) is 5.88 Å². The van der Waals surface area contributed by atoms with Crippen molar-refractivity contribution in [2.24, 2.45) is 18.9 Å². The van der Waals surface area contributed by atoms with Crippen molar-refractivity contribution in [1.82, 2.24) is 25.1 Å². The van der Waals surface area contributed by atoms with E-state index >= 15 is 0 Å². The number of fused-ring (bicyclic) bond motifs is 1. The van der Waals surface area contributed by atoms with Gasteiger partial charge in [-0.2, -0.15) is 18.2 Å². The average Bonchev–Trinajstić information content (AvgIpc) is 3.46. The fourth-order valence-electron chi connectivity index (χ4n) is 5.98. The number of pyridine rings is 1. The first-order valence-corrected chi connectivity index (χ1v) is 14.5. The van der Waals surface area contributed by atoms with Crippen LogP contribution in [0.2, 0.25) is 0 Å².